The minimum atomic E-state index is 0.503. The van der Waals surface area contributed by atoms with Crippen LogP contribution >= 0.6 is 0 Å². The Labute approximate surface area is 377 Å². The molecule has 12 rings (SSSR count). The number of para-hydroxylation sites is 2. The van der Waals surface area contributed by atoms with Crippen molar-refractivity contribution >= 4 is 63.1 Å². The lowest BCUT2D eigenvalue weighted by molar-refractivity contribution is 0.668. The molecule has 0 radical (unpaired) electrons. The molecule has 0 atom stereocenters. The van der Waals surface area contributed by atoms with Crippen LogP contribution in [0, 0.1) is 0 Å². The molecule has 0 amide bonds. The summed E-state index contributed by atoms with van der Waals surface area (Å²) in [6.45, 7) is 8.65. The summed E-state index contributed by atoms with van der Waals surface area (Å²) in [5, 5.41) is 4.45. The summed E-state index contributed by atoms with van der Waals surface area (Å²) in [6.07, 6.45) is 0.801. The maximum absolute atomic E-state index is 6.24. The molecule has 2 heterocycles. The van der Waals surface area contributed by atoms with Crippen molar-refractivity contribution < 1.29 is 8.83 Å². The number of rotatable bonds is 8. The zero-order chi connectivity index (χ0) is 43.7. The highest BCUT2D eigenvalue weighted by Gasteiger charge is 2.27. The fourth-order valence-corrected chi connectivity index (χ4v) is 9.28. The van der Waals surface area contributed by atoms with Crippen LogP contribution in [0.4, 0.5) is 0 Å². The van der Waals surface area contributed by atoms with Gasteiger partial charge in [0, 0.05) is 27.1 Å². The average Bonchev–Trinajstić information content (AvgIpc) is 4.06. The molecule has 0 aliphatic heterocycles. The lowest BCUT2D eigenvalue weighted by Crippen LogP contribution is -2.01. The summed E-state index contributed by atoms with van der Waals surface area (Å²) in [6, 6.07) is 70.0. The molecule has 0 bridgehead atoms. The molecule has 0 fully saturated rings. The van der Waals surface area contributed by atoms with Crippen molar-refractivity contribution in [2.24, 2.45) is 15.0 Å². The van der Waals surface area contributed by atoms with Gasteiger partial charge in [0.05, 0.1) is 13.1 Å². The highest BCUT2D eigenvalue weighted by molar-refractivity contribution is 6.11. The predicted octanol–water partition coefficient (Wildman–Crippen LogP) is 15.6. The zero-order valence-electron chi connectivity index (χ0n) is 35.7. The minimum absolute atomic E-state index is 0.503. The van der Waals surface area contributed by atoms with Gasteiger partial charge in [-0.1, -0.05) is 152 Å². The topological polar surface area (TPSA) is 63.4 Å². The average molecular weight is 838 g/mol. The number of aliphatic imine (C=N–C) groups is 3. The SMILES string of the molecule is C=NC(=NCc1ccc(-c2ccccc2)cc1)c1cccc2c1-c1cc(-c3ccc4oc5ccccc5c4c3)cc(-c3ccc4oc5ccccc5c4c3)c1C2.C=NCc1ccccc1. The van der Waals surface area contributed by atoms with Crippen molar-refractivity contribution in [2.75, 3.05) is 0 Å². The quantitative estimate of drug-likeness (QED) is 0.113. The van der Waals surface area contributed by atoms with Gasteiger partial charge in [-0.05, 0) is 135 Å². The second kappa shape index (κ2) is 17.0. The molecule has 1 aliphatic rings. The molecule has 0 unspecified atom stereocenters. The first-order chi connectivity index (χ1) is 32.1. The Kier molecular flexibility index (Phi) is 10.3. The van der Waals surface area contributed by atoms with Crippen LogP contribution in [-0.4, -0.2) is 19.3 Å². The highest BCUT2D eigenvalue weighted by atomic mass is 16.3. The van der Waals surface area contributed by atoms with Crippen LogP contribution in [0.25, 0.3) is 88.4 Å². The molecule has 11 aromatic rings. The standard InChI is InChI=1S/C52H34N2O2.C8H9N/c1-53-52(54-31-32-18-20-34(21-19-32)33-10-3-2-4-11-33)41-15-9-12-37-28-43-42(36-23-25-50-45(27-36)40-14-6-8-17-48(40)56-50)29-38(30-46(43)51(37)41)35-22-24-49-44(26-35)39-13-5-7-16-47(39)55-49;1-9-7-8-5-3-2-4-6-8/h2-27,29-30H,1,28,31H2;2-6H,1,7H2. The Morgan fingerprint density at radius 3 is 1.66 bits per heavy atom. The molecule has 5 nitrogen and oxygen atoms in total. The summed E-state index contributed by atoms with van der Waals surface area (Å²) < 4.78 is 12.5. The monoisotopic (exact) mass is 837 g/mol. The first kappa shape index (κ1) is 39.4. The molecule has 310 valence electrons. The smallest absolute Gasteiger partial charge is 0.154 e. The lowest BCUT2D eigenvalue weighted by Gasteiger charge is -2.15. The largest absolute Gasteiger partial charge is 0.456 e. The van der Waals surface area contributed by atoms with Crippen LogP contribution in [0.5, 0.6) is 0 Å². The molecule has 0 spiro atoms. The van der Waals surface area contributed by atoms with E-state index in [0.717, 1.165) is 84.7 Å². The van der Waals surface area contributed by atoms with E-state index in [0.29, 0.717) is 12.4 Å². The normalized spacial score (nSPS) is 12.0. The van der Waals surface area contributed by atoms with Crippen LogP contribution in [-0.2, 0) is 19.5 Å². The predicted molar refractivity (Wildman–Crippen MR) is 271 cm³/mol. The van der Waals surface area contributed by atoms with E-state index < -0.39 is 0 Å². The number of hydrogen-bond donors (Lipinski definition) is 0. The van der Waals surface area contributed by atoms with Gasteiger partial charge in [0.15, 0.2) is 5.84 Å². The van der Waals surface area contributed by atoms with E-state index in [2.05, 4.69) is 163 Å². The van der Waals surface area contributed by atoms with Gasteiger partial charge in [0.1, 0.15) is 22.3 Å². The molecule has 1 aliphatic carbocycles. The molecule has 5 heteroatoms. The van der Waals surface area contributed by atoms with Crippen LogP contribution in [0.2, 0.25) is 0 Å². The molecule has 0 saturated heterocycles. The van der Waals surface area contributed by atoms with Crippen LogP contribution in [0.1, 0.15) is 27.8 Å². The summed E-state index contributed by atoms with van der Waals surface area (Å²) in [5.74, 6) is 0.645. The van der Waals surface area contributed by atoms with Gasteiger partial charge < -0.3 is 8.83 Å². The van der Waals surface area contributed by atoms with Crippen molar-refractivity contribution in [3.8, 4) is 44.5 Å². The third kappa shape index (κ3) is 7.53. The number of fused-ring (bicyclic) bond motifs is 9. The summed E-state index contributed by atoms with van der Waals surface area (Å²) >= 11 is 0. The Bertz CT molecular complexity index is 3600. The third-order valence-corrected chi connectivity index (χ3v) is 12.4. The van der Waals surface area contributed by atoms with Crippen molar-refractivity contribution in [3.05, 3.63) is 228 Å². The Hall–Kier alpha value is -8.41. The van der Waals surface area contributed by atoms with Crippen LogP contribution in [0.15, 0.2) is 224 Å². The van der Waals surface area contributed by atoms with E-state index in [1.807, 2.05) is 60.7 Å². The van der Waals surface area contributed by atoms with Gasteiger partial charge in [-0.15, -0.1) is 0 Å². The Morgan fingerprint density at radius 2 is 0.985 bits per heavy atom. The lowest BCUT2D eigenvalue weighted by atomic mass is 9.89. The van der Waals surface area contributed by atoms with E-state index in [-0.39, 0.29) is 0 Å². The van der Waals surface area contributed by atoms with Crippen molar-refractivity contribution in [2.45, 2.75) is 19.5 Å². The summed E-state index contributed by atoms with van der Waals surface area (Å²) in [5.41, 5.74) is 18.8. The minimum Gasteiger partial charge on any atom is -0.456 e. The molecule has 65 heavy (non-hydrogen) atoms. The Balaban J connectivity index is 0.000000468. The third-order valence-electron chi connectivity index (χ3n) is 12.4. The molecule has 0 saturated carbocycles. The number of nitrogens with zero attached hydrogens (tertiary/aromatic N) is 3. The Morgan fingerprint density at radius 1 is 0.431 bits per heavy atom. The maximum Gasteiger partial charge on any atom is 0.154 e. The van der Waals surface area contributed by atoms with Crippen molar-refractivity contribution in [1.82, 2.24) is 0 Å². The van der Waals surface area contributed by atoms with Gasteiger partial charge >= 0.3 is 0 Å². The van der Waals surface area contributed by atoms with E-state index in [9.17, 15) is 0 Å². The van der Waals surface area contributed by atoms with Gasteiger partial charge in [0.2, 0.25) is 0 Å². The van der Waals surface area contributed by atoms with Crippen LogP contribution in [0.3, 0.4) is 0 Å². The summed E-state index contributed by atoms with van der Waals surface area (Å²) in [4.78, 5) is 13.4. The summed E-state index contributed by atoms with van der Waals surface area (Å²) in [7, 11) is 0. The van der Waals surface area contributed by atoms with E-state index in [4.69, 9.17) is 13.8 Å². The van der Waals surface area contributed by atoms with Gasteiger partial charge in [0.25, 0.3) is 0 Å². The first-order valence-electron chi connectivity index (χ1n) is 21.9. The first-order valence-corrected chi connectivity index (χ1v) is 21.9. The number of benzene rings is 9. The molecular formula is C60H43N3O2. The zero-order valence-corrected chi connectivity index (χ0v) is 35.7. The fraction of sp³-hybridized carbons (Fsp3) is 0.0500. The fourth-order valence-electron chi connectivity index (χ4n) is 9.28. The highest BCUT2D eigenvalue weighted by Crippen LogP contribution is 2.47. The van der Waals surface area contributed by atoms with E-state index in [1.54, 1.807) is 0 Å². The molecule has 0 N–H and O–H groups in total. The van der Waals surface area contributed by atoms with E-state index in [1.165, 1.54) is 44.5 Å². The number of amidine groups is 1. The van der Waals surface area contributed by atoms with Gasteiger partial charge in [-0.3, -0.25) is 9.98 Å². The van der Waals surface area contributed by atoms with Crippen molar-refractivity contribution in [1.29, 1.82) is 0 Å². The molecular weight excluding hydrogens is 795 g/mol. The molecule has 9 aromatic carbocycles. The van der Waals surface area contributed by atoms with Crippen molar-refractivity contribution in [3.63, 3.8) is 0 Å². The molecule has 2 aromatic heterocycles. The van der Waals surface area contributed by atoms with Gasteiger partial charge in [-0.2, -0.15) is 0 Å². The maximum atomic E-state index is 6.24. The second-order valence-electron chi connectivity index (χ2n) is 16.4. The van der Waals surface area contributed by atoms with Crippen LogP contribution < -0.4 is 0 Å². The second-order valence-corrected chi connectivity index (χ2v) is 16.4. The van der Waals surface area contributed by atoms with E-state index >= 15 is 0 Å². The number of hydrogen-bond acceptors (Lipinski definition) is 4. The number of furan rings is 2. The van der Waals surface area contributed by atoms with Gasteiger partial charge in [-0.25, -0.2) is 4.99 Å².